The summed E-state index contributed by atoms with van der Waals surface area (Å²) in [4.78, 5) is 2.10. The zero-order valence-corrected chi connectivity index (χ0v) is 9.84. The molecule has 15 heavy (non-hydrogen) atoms. The summed E-state index contributed by atoms with van der Waals surface area (Å²) in [5, 5.41) is 8.71. The number of rotatable bonds is 4. The summed E-state index contributed by atoms with van der Waals surface area (Å²) < 4.78 is 0. The summed E-state index contributed by atoms with van der Waals surface area (Å²) in [6.07, 6.45) is 2.08. The molecule has 3 nitrogen and oxygen atoms in total. The van der Waals surface area contributed by atoms with Crippen LogP contribution < -0.4 is 10.6 Å². The summed E-state index contributed by atoms with van der Waals surface area (Å²) >= 11 is 1.80. The molecule has 4 heteroatoms. The Bertz CT molecular complexity index is 371. The zero-order valence-electron chi connectivity index (χ0n) is 9.03. The lowest BCUT2D eigenvalue weighted by molar-refractivity contribution is 0.980. The molecule has 0 radical (unpaired) electrons. The summed E-state index contributed by atoms with van der Waals surface area (Å²) in [6.45, 7) is 0.956. The number of benzene rings is 1. The van der Waals surface area contributed by atoms with E-state index in [4.69, 9.17) is 11.0 Å². The highest BCUT2D eigenvalue weighted by Gasteiger charge is 2.05. The molecule has 1 aromatic carbocycles. The first-order chi connectivity index (χ1) is 7.19. The van der Waals surface area contributed by atoms with E-state index in [1.807, 2.05) is 13.1 Å². The molecule has 1 aromatic rings. The number of nitrogens with zero attached hydrogens (tertiary/aromatic N) is 2. The molecule has 80 valence electrons. The topological polar surface area (TPSA) is 53.0 Å². The monoisotopic (exact) mass is 221 g/mol. The van der Waals surface area contributed by atoms with E-state index in [1.54, 1.807) is 23.9 Å². The molecule has 0 atom stereocenters. The maximum absolute atomic E-state index is 8.71. The predicted octanol–water partition coefficient (Wildman–Crippen LogP) is 1.94. The molecule has 0 aliphatic carbocycles. The van der Waals surface area contributed by atoms with Crippen molar-refractivity contribution in [3.8, 4) is 6.07 Å². The molecular formula is C11H15N3S. The minimum atomic E-state index is 0.606. The average molecular weight is 221 g/mol. The van der Waals surface area contributed by atoms with Gasteiger partial charge in [0.15, 0.2) is 0 Å². The third kappa shape index (κ3) is 3.07. The van der Waals surface area contributed by atoms with E-state index in [2.05, 4.69) is 17.2 Å². The molecule has 2 N–H and O–H groups in total. The summed E-state index contributed by atoms with van der Waals surface area (Å²) in [7, 11) is 2.01. The molecule has 0 spiro atoms. The normalized spacial score (nSPS) is 9.67. The van der Waals surface area contributed by atoms with Crippen LogP contribution in [-0.2, 0) is 0 Å². The third-order valence-electron chi connectivity index (χ3n) is 2.20. The van der Waals surface area contributed by atoms with E-state index in [9.17, 15) is 0 Å². The van der Waals surface area contributed by atoms with Gasteiger partial charge >= 0.3 is 0 Å². The van der Waals surface area contributed by atoms with Crippen LogP contribution >= 0.6 is 11.8 Å². The lowest BCUT2D eigenvalue weighted by Gasteiger charge is -2.20. The van der Waals surface area contributed by atoms with Crippen LogP contribution in [0.2, 0.25) is 0 Å². The first kappa shape index (κ1) is 11.7. The van der Waals surface area contributed by atoms with Crippen molar-refractivity contribution in [3.63, 3.8) is 0 Å². The molecule has 0 saturated carbocycles. The van der Waals surface area contributed by atoms with Crippen LogP contribution in [-0.4, -0.2) is 25.6 Å². The molecule has 0 heterocycles. The molecule has 0 fully saturated rings. The maximum atomic E-state index is 8.71. The third-order valence-corrected chi connectivity index (χ3v) is 2.79. The second kappa shape index (κ2) is 5.52. The van der Waals surface area contributed by atoms with Crippen molar-refractivity contribution in [2.75, 3.05) is 36.2 Å². The molecule has 0 aromatic heterocycles. The maximum Gasteiger partial charge on any atom is 0.0992 e. The lowest BCUT2D eigenvalue weighted by atomic mass is 10.2. The van der Waals surface area contributed by atoms with Crippen LogP contribution in [0.15, 0.2) is 18.2 Å². The SMILES string of the molecule is CSCCN(C)c1ccc(C#N)cc1N. The van der Waals surface area contributed by atoms with Crippen LogP contribution in [0, 0.1) is 11.3 Å². The van der Waals surface area contributed by atoms with Gasteiger partial charge in [0.1, 0.15) is 0 Å². The van der Waals surface area contributed by atoms with Gasteiger partial charge in [-0.05, 0) is 24.5 Å². The van der Waals surface area contributed by atoms with Gasteiger partial charge in [-0.2, -0.15) is 17.0 Å². The second-order valence-corrected chi connectivity index (χ2v) is 4.29. The van der Waals surface area contributed by atoms with Crippen molar-refractivity contribution in [3.05, 3.63) is 23.8 Å². The average Bonchev–Trinajstić information content (AvgIpc) is 2.25. The van der Waals surface area contributed by atoms with E-state index in [1.165, 1.54) is 0 Å². The van der Waals surface area contributed by atoms with E-state index in [0.29, 0.717) is 11.3 Å². The fraction of sp³-hybridized carbons (Fsp3) is 0.364. The van der Waals surface area contributed by atoms with Crippen LogP contribution in [0.3, 0.4) is 0 Å². The van der Waals surface area contributed by atoms with Crippen LogP contribution in [0.25, 0.3) is 0 Å². The summed E-state index contributed by atoms with van der Waals surface area (Å²) in [5.41, 5.74) is 8.13. The Hall–Kier alpha value is -1.34. The number of nitriles is 1. The van der Waals surface area contributed by atoms with Gasteiger partial charge in [-0.3, -0.25) is 0 Å². The smallest absolute Gasteiger partial charge is 0.0992 e. The van der Waals surface area contributed by atoms with Gasteiger partial charge in [0.05, 0.1) is 23.0 Å². The Balaban J connectivity index is 2.82. The van der Waals surface area contributed by atoms with Gasteiger partial charge in [0, 0.05) is 19.3 Å². The van der Waals surface area contributed by atoms with Crippen molar-refractivity contribution in [1.82, 2.24) is 0 Å². The fourth-order valence-corrected chi connectivity index (χ4v) is 1.78. The molecule has 0 aliphatic rings. The highest BCUT2D eigenvalue weighted by atomic mass is 32.2. The first-order valence-corrected chi connectivity index (χ1v) is 6.08. The Kier molecular flexibility index (Phi) is 4.32. The van der Waals surface area contributed by atoms with Crippen LogP contribution in [0.5, 0.6) is 0 Å². The number of thioether (sulfide) groups is 1. The van der Waals surface area contributed by atoms with Crippen molar-refractivity contribution in [2.45, 2.75) is 0 Å². The van der Waals surface area contributed by atoms with Crippen molar-refractivity contribution >= 4 is 23.1 Å². The molecule has 0 saturated heterocycles. The Labute approximate surface area is 94.9 Å². The minimum absolute atomic E-state index is 0.606. The summed E-state index contributed by atoms with van der Waals surface area (Å²) in [6, 6.07) is 7.48. The van der Waals surface area contributed by atoms with E-state index >= 15 is 0 Å². The van der Waals surface area contributed by atoms with E-state index in [0.717, 1.165) is 18.0 Å². The van der Waals surface area contributed by atoms with Gasteiger partial charge in [-0.1, -0.05) is 0 Å². The highest BCUT2D eigenvalue weighted by Crippen LogP contribution is 2.23. The Morgan fingerprint density at radius 3 is 2.80 bits per heavy atom. The molecule has 0 unspecified atom stereocenters. The van der Waals surface area contributed by atoms with Crippen LogP contribution in [0.4, 0.5) is 11.4 Å². The Morgan fingerprint density at radius 1 is 1.53 bits per heavy atom. The molecule has 0 bridgehead atoms. The molecule has 0 aliphatic heterocycles. The van der Waals surface area contributed by atoms with Gasteiger partial charge in [-0.15, -0.1) is 0 Å². The molecule has 1 rings (SSSR count). The van der Waals surface area contributed by atoms with Crippen molar-refractivity contribution in [1.29, 1.82) is 5.26 Å². The van der Waals surface area contributed by atoms with Gasteiger partial charge in [0.2, 0.25) is 0 Å². The van der Waals surface area contributed by atoms with Gasteiger partial charge < -0.3 is 10.6 Å². The largest absolute Gasteiger partial charge is 0.397 e. The highest BCUT2D eigenvalue weighted by molar-refractivity contribution is 7.98. The van der Waals surface area contributed by atoms with E-state index in [-0.39, 0.29) is 0 Å². The minimum Gasteiger partial charge on any atom is -0.397 e. The van der Waals surface area contributed by atoms with E-state index < -0.39 is 0 Å². The number of nitrogens with two attached hydrogens (primary N) is 1. The van der Waals surface area contributed by atoms with Crippen molar-refractivity contribution in [2.24, 2.45) is 0 Å². The quantitative estimate of drug-likeness (QED) is 0.789. The number of nitrogen functional groups attached to an aromatic ring is 1. The van der Waals surface area contributed by atoms with Crippen molar-refractivity contribution < 1.29 is 0 Å². The Morgan fingerprint density at radius 2 is 2.27 bits per heavy atom. The second-order valence-electron chi connectivity index (χ2n) is 3.30. The fourth-order valence-electron chi connectivity index (χ4n) is 1.32. The van der Waals surface area contributed by atoms with Gasteiger partial charge in [0.25, 0.3) is 0 Å². The first-order valence-electron chi connectivity index (χ1n) is 4.68. The van der Waals surface area contributed by atoms with Gasteiger partial charge in [-0.25, -0.2) is 0 Å². The lowest BCUT2D eigenvalue weighted by Crippen LogP contribution is -2.21. The number of anilines is 2. The predicted molar refractivity (Wildman–Crippen MR) is 67.2 cm³/mol. The molecule has 0 amide bonds. The number of hydrogen-bond acceptors (Lipinski definition) is 4. The number of hydrogen-bond donors (Lipinski definition) is 1. The zero-order chi connectivity index (χ0) is 11.3. The summed E-state index contributed by atoms with van der Waals surface area (Å²) in [5.74, 6) is 1.07. The standard InChI is InChI=1S/C11H15N3S/c1-14(5-6-15-2)11-4-3-9(8-12)7-10(11)13/h3-4,7H,5-6,13H2,1-2H3. The van der Waals surface area contributed by atoms with Crippen LogP contribution in [0.1, 0.15) is 5.56 Å². The molecular weight excluding hydrogens is 206 g/mol.